The maximum absolute atomic E-state index is 5.62. The second kappa shape index (κ2) is 6.41. The fourth-order valence-electron chi connectivity index (χ4n) is 2.37. The van der Waals surface area contributed by atoms with Gasteiger partial charge in [-0.25, -0.2) is 0 Å². The van der Waals surface area contributed by atoms with Crippen LogP contribution in [0, 0.1) is 10.7 Å². The third kappa shape index (κ3) is 2.88. The van der Waals surface area contributed by atoms with Gasteiger partial charge >= 0.3 is 0 Å². The van der Waals surface area contributed by atoms with Crippen molar-refractivity contribution < 1.29 is 9.47 Å². The SMILES string of the molecule is CCOCC(C(C)C)n1c(=S)[nH]c2cc(OC)ccc21. The van der Waals surface area contributed by atoms with Crippen molar-refractivity contribution in [2.45, 2.75) is 26.8 Å². The van der Waals surface area contributed by atoms with Gasteiger partial charge in [0, 0.05) is 12.7 Å². The van der Waals surface area contributed by atoms with E-state index in [1.807, 2.05) is 25.1 Å². The number of imidazole rings is 1. The van der Waals surface area contributed by atoms with Gasteiger partial charge in [0.05, 0.1) is 30.8 Å². The number of benzene rings is 1. The van der Waals surface area contributed by atoms with E-state index in [-0.39, 0.29) is 6.04 Å². The Labute approximate surface area is 124 Å². The van der Waals surface area contributed by atoms with Gasteiger partial charge in [0.25, 0.3) is 0 Å². The Morgan fingerprint density at radius 2 is 2.10 bits per heavy atom. The van der Waals surface area contributed by atoms with E-state index in [0.717, 1.165) is 21.6 Å². The molecule has 0 fully saturated rings. The molecule has 0 aliphatic carbocycles. The van der Waals surface area contributed by atoms with Crippen molar-refractivity contribution in [1.82, 2.24) is 9.55 Å². The van der Waals surface area contributed by atoms with Crippen molar-refractivity contribution in [3.8, 4) is 5.75 Å². The first kappa shape index (κ1) is 15.1. The van der Waals surface area contributed by atoms with Crippen molar-refractivity contribution in [2.75, 3.05) is 20.3 Å². The summed E-state index contributed by atoms with van der Waals surface area (Å²) in [6.45, 7) is 7.77. The van der Waals surface area contributed by atoms with Gasteiger partial charge in [-0.15, -0.1) is 0 Å². The number of nitrogens with one attached hydrogen (secondary N) is 1. The monoisotopic (exact) mass is 294 g/mol. The van der Waals surface area contributed by atoms with E-state index in [9.17, 15) is 0 Å². The van der Waals surface area contributed by atoms with Crippen LogP contribution in [0.2, 0.25) is 0 Å². The summed E-state index contributed by atoms with van der Waals surface area (Å²) in [5.74, 6) is 1.26. The van der Waals surface area contributed by atoms with Crippen LogP contribution in [0.25, 0.3) is 11.0 Å². The molecule has 1 aromatic heterocycles. The number of hydrogen-bond acceptors (Lipinski definition) is 3. The Hall–Kier alpha value is -1.33. The predicted octanol–water partition coefficient (Wildman–Crippen LogP) is 3.94. The minimum absolute atomic E-state index is 0.226. The maximum Gasteiger partial charge on any atom is 0.178 e. The van der Waals surface area contributed by atoms with Crippen LogP contribution in [0.3, 0.4) is 0 Å². The number of fused-ring (bicyclic) bond motifs is 1. The molecule has 0 bridgehead atoms. The Morgan fingerprint density at radius 3 is 2.70 bits per heavy atom. The van der Waals surface area contributed by atoms with Crippen LogP contribution in [0.15, 0.2) is 18.2 Å². The molecular formula is C15H22N2O2S. The second-order valence-corrected chi connectivity index (χ2v) is 5.54. The quantitative estimate of drug-likeness (QED) is 0.820. The number of methoxy groups -OCH3 is 1. The van der Waals surface area contributed by atoms with Crippen molar-refractivity contribution >= 4 is 23.3 Å². The zero-order valence-electron chi connectivity index (χ0n) is 12.5. The zero-order valence-corrected chi connectivity index (χ0v) is 13.3. The van der Waals surface area contributed by atoms with E-state index < -0.39 is 0 Å². The van der Waals surface area contributed by atoms with E-state index in [1.165, 1.54) is 0 Å². The number of hydrogen-bond donors (Lipinski definition) is 1. The number of ether oxygens (including phenoxy) is 2. The minimum Gasteiger partial charge on any atom is -0.497 e. The number of H-pyrrole nitrogens is 1. The molecule has 0 aliphatic rings. The summed E-state index contributed by atoms with van der Waals surface area (Å²) >= 11 is 5.49. The van der Waals surface area contributed by atoms with Gasteiger partial charge in [-0.3, -0.25) is 0 Å². The molecule has 1 heterocycles. The van der Waals surface area contributed by atoms with Crippen LogP contribution in [0.1, 0.15) is 26.8 Å². The number of aromatic nitrogens is 2. The maximum atomic E-state index is 5.62. The molecule has 1 N–H and O–H groups in total. The largest absolute Gasteiger partial charge is 0.497 e. The third-order valence-electron chi connectivity index (χ3n) is 3.52. The predicted molar refractivity (Wildman–Crippen MR) is 84.0 cm³/mol. The Kier molecular flexibility index (Phi) is 4.83. The van der Waals surface area contributed by atoms with Crippen LogP contribution in [-0.4, -0.2) is 29.9 Å². The third-order valence-corrected chi connectivity index (χ3v) is 3.82. The highest BCUT2D eigenvalue weighted by Crippen LogP contribution is 2.27. The van der Waals surface area contributed by atoms with Crippen molar-refractivity contribution in [3.63, 3.8) is 0 Å². The van der Waals surface area contributed by atoms with E-state index in [2.05, 4.69) is 23.4 Å². The molecule has 20 heavy (non-hydrogen) atoms. The highest BCUT2D eigenvalue weighted by Gasteiger charge is 2.19. The first-order chi connectivity index (χ1) is 9.58. The molecule has 1 atom stereocenters. The van der Waals surface area contributed by atoms with E-state index in [0.29, 0.717) is 19.1 Å². The van der Waals surface area contributed by atoms with Crippen LogP contribution >= 0.6 is 12.2 Å². The summed E-state index contributed by atoms with van der Waals surface area (Å²) in [6, 6.07) is 6.20. The molecule has 0 radical (unpaired) electrons. The summed E-state index contributed by atoms with van der Waals surface area (Å²) in [6.07, 6.45) is 0. The van der Waals surface area contributed by atoms with Gasteiger partial charge in [-0.05, 0) is 37.2 Å². The van der Waals surface area contributed by atoms with Crippen molar-refractivity contribution in [2.24, 2.45) is 5.92 Å². The van der Waals surface area contributed by atoms with Gasteiger partial charge in [0.2, 0.25) is 0 Å². The number of rotatable bonds is 6. The molecule has 2 aromatic rings. The lowest BCUT2D eigenvalue weighted by Crippen LogP contribution is -2.21. The van der Waals surface area contributed by atoms with Crippen LogP contribution < -0.4 is 4.74 Å². The van der Waals surface area contributed by atoms with Crippen molar-refractivity contribution in [1.29, 1.82) is 0 Å². The first-order valence-electron chi connectivity index (χ1n) is 6.94. The summed E-state index contributed by atoms with van der Waals surface area (Å²) < 4.78 is 13.8. The lowest BCUT2D eigenvalue weighted by Gasteiger charge is -2.23. The molecule has 1 aromatic carbocycles. The fraction of sp³-hybridized carbons (Fsp3) is 0.533. The zero-order chi connectivity index (χ0) is 14.7. The van der Waals surface area contributed by atoms with Gasteiger partial charge in [0.15, 0.2) is 4.77 Å². The Morgan fingerprint density at radius 1 is 1.35 bits per heavy atom. The van der Waals surface area contributed by atoms with Gasteiger partial charge in [-0.1, -0.05) is 13.8 Å². The molecular weight excluding hydrogens is 272 g/mol. The summed E-state index contributed by atoms with van der Waals surface area (Å²) in [7, 11) is 1.67. The minimum atomic E-state index is 0.226. The average Bonchev–Trinajstić information content (AvgIpc) is 2.74. The van der Waals surface area contributed by atoms with E-state index in [1.54, 1.807) is 7.11 Å². The second-order valence-electron chi connectivity index (χ2n) is 5.15. The molecule has 0 amide bonds. The molecule has 5 heteroatoms. The van der Waals surface area contributed by atoms with Gasteiger partial charge in [-0.2, -0.15) is 0 Å². The average molecular weight is 294 g/mol. The highest BCUT2D eigenvalue weighted by atomic mass is 32.1. The smallest absolute Gasteiger partial charge is 0.178 e. The molecule has 0 spiro atoms. The molecule has 0 saturated heterocycles. The van der Waals surface area contributed by atoms with Crippen LogP contribution in [0.5, 0.6) is 5.75 Å². The normalized spacial score (nSPS) is 13.1. The lowest BCUT2D eigenvalue weighted by molar-refractivity contribution is 0.0974. The van der Waals surface area contributed by atoms with E-state index >= 15 is 0 Å². The van der Waals surface area contributed by atoms with Gasteiger partial charge in [0.1, 0.15) is 5.75 Å². The fourth-order valence-corrected chi connectivity index (χ4v) is 2.71. The summed E-state index contributed by atoms with van der Waals surface area (Å²) in [4.78, 5) is 3.26. The number of nitrogens with zero attached hydrogens (tertiary/aromatic N) is 1. The first-order valence-corrected chi connectivity index (χ1v) is 7.35. The lowest BCUT2D eigenvalue weighted by atomic mass is 10.0. The number of aromatic amines is 1. The molecule has 2 rings (SSSR count). The molecule has 1 unspecified atom stereocenters. The highest BCUT2D eigenvalue weighted by molar-refractivity contribution is 7.71. The Balaban J connectivity index is 2.51. The topological polar surface area (TPSA) is 39.2 Å². The van der Waals surface area contributed by atoms with Crippen molar-refractivity contribution in [3.05, 3.63) is 23.0 Å². The molecule has 0 aliphatic heterocycles. The van der Waals surface area contributed by atoms with Gasteiger partial charge < -0.3 is 19.0 Å². The Bertz CT molecular complexity index is 630. The summed E-state index contributed by atoms with van der Waals surface area (Å²) in [5.41, 5.74) is 2.09. The molecule has 4 nitrogen and oxygen atoms in total. The standard InChI is InChI=1S/C15H22N2O2S/c1-5-19-9-14(10(2)3)17-13-7-6-11(18-4)8-12(13)16-15(17)20/h6-8,10,14H,5,9H2,1-4H3,(H,16,20). The van der Waals surface area contributed by atoms with E-state index in [4.69, 9.17) is 21.7 Å². The molecule has 110 valence electrons. The van der Waals surface area contributed by atoms with Crippen LogP contribution in [0.4, 0.5) is 0 Å². The molecule has 0 saturated carbocycles. The summed E-state index contributed by atoms with van der Waals surface area (Å²) in [5, 5.41) is 0. The van der Waals surface area contributed by atoms with Crippen LogP contribution in [-0.2, 0) is 4.74 Å².